The van der Waals surface area contributed by atoms with Gasteiger partial charge in [0.2, 0.25) is 0 Å². The van der Waals surface area contributed by atoms with Gasteiger partial charge in [-0.05, 0) is 44.3 Å². The van der Waals surface area contributed by atoms with E-state index in [0.717, 1.165) is 18.5 Å². The Morgan fingerprint density at radius 2 is 2.35 bits per heavy atom. The Morgan fingerprint density at radius 3 is 2.88 bits per heavy atom. The van der Waals surface area contributed by atoms with Gasteiger partial charge in [0, 0.05) is 18.0 Å². The summed E-state index contributed by atoms with van der Waals surface area (Å²) in [5, 5.41) is 9.92. The van der Waals surface area contributed by atoms with E-state index in [-0.39, 0.29) is 0 Å². The van der Waals surface area contributed by atoms with Crippen LogP contribution in [0.25, 0.3) is 0 Å². The maximum atomic E-state index is 4.40. The molecule has 92 valence electrons. The van der Waals surface area contributed by atoms with Crippen molar-refractivity contribution in [2.45, 2.75) is 25.8 Å². The van der Waals surface area contributed by atoms with E-state index in [1.807, 2.05) is 37.0 Å². The number of hydrogen-bond acceptors (Lipinski definition) is 3. The molecule has 0 amide bonds. The van der Waals surface area contributed by atoms with Gasteiger partial charge >= 0.3 is 0 Å². The largest absolute Gasteiger partial charge is 0.312 e. The number of aromatic nitrogens is 2. The average molecular weight is 249 g/mol. The van der Waals surface area contributed by atoms with Crippen molar-refractivity contribution in [2.75, 3.05) is 7.05 Å². The van der Waals surface area contributed by atoms with E-state index in [2.05, 4.69) is 34.0 Å². The van der Waals surface area contributed by atoms with E-state index in [1.165, 1.54) is 10.6 Å². The first-order chi connectivity index (χ1) is 8.20. The van der Waals surface area contributed by atoms with Crippen LogP contribution in [0.4, 0.5) is 0 Å². The van der Waals surface area contributed by atoms with E-state index in [0.29, 0.717) is 6.04 Å². The quantitative estimate of drug-likeness (QED) is 0.883. The van der Waals surface area contributed by atoms with Crippen LogP contribution in [0.15, 0.2) is 23.6 Å². The summed E-state index contributed by atoms with van der Waals surface area (Å²) in [7, 11) is 4.03. The first-order valence-corrected chi connectivity index (χ1v) is 6.79. The maximum Gasteiger partial charge on any atom is 0.0597 e. The minimum absolute atomic E-state index is 0.378. The van der Waals surface area contributed by atoms with Crippen molar-refractivity contribution in [2.24, 2.45) is 7.05 Å². The van der Waals surface area contributed by atoms with Crippen LogP contribution >= 0.6 is 11.3 Å². The Labute approximate surface area is 106 Å². The maximum absolute atomic E-state index is 4.40. The van der Waals surface area contributed by atoms with E-state index < -0.39 is 0 Å². The fourth-order valence-electron chi connectivity index (χ4n) is 2.14. The number of nitrogens with zero attached hydrogens (tertiary/aromatic N) is 2. The third-order valence-corrected chi connectivity index (χ3v) is 3.94. The third-order valence-electron chi connectivity index (χ3n) is 3.00. The van der Waals surface area contributed by atoms with E-state index >= 15 is 0 Å². The molecule has 0 aliphatic rings. The number of rotatable bonds is 5. The molecule has 2 rings (SSSR count). The zero-order valence-electron chi connectivity index (χ0n) is 10.6. The highest BCUT2D eigenvalue weighted by Gasteiger charge is 2.14. The first kappa shape index (κ1) is 12.3. The molecule has 0 radical (unpaired) electrons. The Balaban J connectivity index is 2.04. The summed E-state index contributed by atoms with van der Waals surface area (Å²) in [5.41, 5.74) is 2.35. The second-order valence-electron chi connectivity index (χ2n) is 4.29. The minimum atomic E-state index is 0.378. The summed E-state index contributed by atoms with van der Waals surface area (Å²) in [4.78, 5) is 1.45. The number of nitrogens with one attached hydrogen (secondary N) is 1. The van der Waals surface area contributed by atoms with Gasteiger partial charge in [-0.25, -0.2) is 0 Å². The van der Waals surface area contributed by atoms with Gasteiger partial charge in [0.25, 0.3) is 0 Å². The molecule has 0 aromatic carbocycles. The van der Waals surface area contributed by atoms with E-state index in [1.54, 1.807) is 0 Å². The fourth-order valence-corrected chi connectivity index (χ4v) is 2.86. The van der Waals surface area contributed by atoms with Crippen molar-refractivity contribution in [3.05, 3.63) is 39.8 Å². The van der Waals surface area contributed by atoms with Crippen LogP contribution in [0.3, 0.4) is 0 Å². The molecule has 0 aliphatic carbocycles. The van der Waals surface area contributed by atoms with E-state index in [4.69, 9.17) is 0 Å². The first-order valence-electron chi connectivity index (χ1n) is 5.91. The molecule has 3 nitrogen and oxygen atoms in total. The van der Waals surface area contributed by atoms with Crippen LogP contribution in [0.1, 0.15) is 28.7 Å². The average Bonchev–Trinajstić information content (AvgIpc) is 2.90. The van der Waals surface area contributed by atoms with E-state index in [9.17, 15) is 0 Å². The van der Waals surface area contributed by atoms with Gasteiger partial charge in [-0.2, -0.15) is 5.10 Å². The summed E-state index contributed by atoms with van der Waals surface area (Å²) < 4.78 is 1.98. The molecule has 0 aliphatic heterocycles. The van der Waals surface area contributed by atoms with Gasteiger partial charge in [-0.1, -0.05) is 6.07 Å². The lowest BCUT2D eigenvalue weighted by Gasteiger charge is -2.15. The summed E-state index contributed by atoms with van der Waals surface area (Å²) in [6.45, 7) is 2.04. The van der Waals surface area contributed by atoms with Crippen LogP contribution in [0.5, 0.6) is 0 Å². The highest BCUT2D eigenvalue weighted by atomic mass is 32.1. The van der Waals surface area contributed by atoms with Crippen molar-refractivity contribution < 1.29 is 0 Å². The number of thiophene rings is 1. The Hall–Kier alpha value is -1.13. The van der Waals surface area contributed by atoms with Gasteiger partial charge < -0.3 is 5.32 Å². The zero-order valence-corrected chi connectivity index (χ0v) is 11.4. The lowest BCUT2D eigenvalue weighted by molar-refractivity contribution is 0.507. The second-order valence-corrected chi connectivity index (χ2v) is 5.33. The second kappa shape index (κ2) is 5.47. The monoisotopic (exact) mass is 249 g/mol. The molecule has 4 heteroatoms. The van der Waals surface area contributed by atoms with Gasteiger partial charge in [-0.3, -0.25) is 4.68 Å². The normalized spacial score (nSPS) is 12.9. The number of hydrogen-bond donors (Lipinski definition) is 1. The summed E-state index contributed by atoms with van der Waals surface area (Å²) in [5.74, 6) is 0. The van der Waals surface area contributed by atoms with Gasteiger partial charge in [0.05, 0.1) is 11.4 Å². The third kappa shape index (κ3) is 2.96. The molecule has 1 atom stereocenters. The van der Waals surface area contributed by atoms with Crippen LogP contribution in [-0.2, 0) is 13.5 Å². The number of aryl methyl sites for hydroxylation is 3. The zero-order chi connectivity index (χ0) is 12.3. The molecule has 0 saturated carbocycles. The molecule has 0 fully saturated rings. The molecule has 1 N–H and O–H groups in total. The van der Waals surface area contributed by atoms with Gasteiger partial charge in [0.15, 0.2) is 0 Å². The molecule has 0 spiro atoms. The molecule has 17 heavy (non-hydrogen) atoms. The summed E-state index contributed by atoms with van der Waals surface area (Å²) in [6, 6.07) is 6.85. The summed E-state index contributed by atoms with van der Waals surface area (Å²) >= 11 is 1.83. The predicted molar refractivity (Wildman–Crippen MR) is 72.4 cm³/mol. The van der Waals surface area contributed by atoms with Crippen LogP contribution < -0.4 is 5.32 Å². The SMILES string of the molecule is CNC(CCc1cccs1)c1cc(C)nn1C. The van der Waals surface area contributed by atoms with Gasteiger partial charge in [0.1, 0.15) is 0 Å². The predicted octanol–water partition coefficient (Wildman–Crippen LogP) is 2.68. The smallest absolute Gasteiger partial charge is 0.0597 e. The molecular weight excluding hydrogens is 230 g/mol. The van der Waals surface area contributed by atoms with Crippen molar-refractivity contribution in [1.82, 2.24) is 15.1 Å². The van der Waals surface area contributed by atoms with Crippen molar-refractivity contribution >= 4 is 11.3 Å². The molecule has 1 unspecified atom stereocenters. The Kier molecular flexibility index (Phi) is 3.97. The molecule has 2 aromatic heterocycles. The van der Waals surface area contributed by atoms with Crippen LogP contribution in [0, 0.1) is 6.92 Å². The molecule has 2 heterocycles. The molecule has 0 saturated heterocycles. The topological polar surface area (TPSA) is 29.9 Å². The van der Waals surface area contributed by atoms with Crippen LogP contribution in [0.2, 0.25) is 0 Å². The Bertz CT molecular complexity index is 459. The highest BCUT2D eigenvalue weighted by Crippen LogP contribution is 2.21. The summed E-state index contributed by atoms with van der Waals surface area (Å²) in [6.07, 6.45) is 2.23. The van der Waals surface area contributed by atoms with Gasteiger partial charge in [-0.15, -0.1) is 11.3 Å². The fraction of sp³-hybridized carbons (Fsp3) is 0.462. The molecule has 0 bridgehead atoms. The highest BCUT2D eigenvalue weighted by molar-refractivity contribution is 7.09. The Morgan fingerprint density at radius 1 is 1.53 bits per heavy atom. The van der Waals surface area contributed by atoms with Crippen molar-refractivity contribution in [1.29, 1.82) is 0 Å². The lowest BCUT2D eigenvalue weighted by Crippen LogP contribution is -2.20. The molecule has 2 aromatic rings. The standard InChI is InChI=1S/C13H19N3S/c1-10-9-13(16(3)15-10)12(14-2)7-6-11-5-4-8-17-11/h4-5,8-9,12,14H,6-7H2,1-3H3. The lowest BCUT2D eigenvalue weighted by atomic mass is 10.1. The minimum Gasteiger partial charge on any atom is -0.312 e. The van der Waals surface area contributed by atoms with Crippen LogP contribution in [-0.4, -0.2) is 16.8 Å². The van der Waals surface area contributed by atoms with Crippen molar-refractivity contribution in [3.63, 3.8) is 0 Å². The molecular formula is C13H19N3S. The van der Waals surface area contributed by atoms with Crippen molar-refractivity contribution in [3.8, 4) is 0 Å².